The molecule has 0 aliphatic rings. The van der Waals surface area contributed by atoms with Gasteiger partial charge in [0.1, 0.15) is 13.2 Å². The van der Waals surface area contributed by atoms with Gasteiger partial charge in [0.25, 0.3) is 0 Å². The van der Waals surface area contributed by atoms with E-state index in [9.17, 15) is 0 Å². The molecular formula is C30H52O6. The van der Waals surface area contributed by atoms with Crippen molar-refractivity contribution in [2.45, 2.75) is 67.2 Å². The maximum absolute atomic E-state index is 5.64. The normalized spacial score (nSPS) is 11.7. The van der Waals surface area contributed by atoms with Crippen LogP contribution in [0.4, 0.5) is 0 Å². The molecule has 36 heavy (non-hydrogen) atoms. The van der Waals surface area contributed by atoms with Crippen molar-refractivity contribution in [2.24, 2.45) is 0 Å². The van der Waals surface area contributed by atoms with E-state index in [1.54, 1.807) is 12.5 Å². The van der Waals surface area contributed by atoms with Gasteiger partial charge in [-0.1, -0.05) is 58.7 Å². The van der Waals surface area contributed by atoms with E-state index < -0.39 is 0 Å². The molecule has 6 heteroatoms. The van der Waals surface area contributed by atoms with Gasteiger partial charge in [0.2, 0.25) is 0 Å². The highest BCUT2D eigenvalue weighted by molar-refractivity contribution is 5.70. The smallest absolute Gasteiger partial charge is 0.111 e. The largest absolute Gasteiger partial charge is 0.498 e. The number of ether oxygens (including phenoxy) is 6. The summed E-state index contributed by atoms with van der Waals surface area (Å²) in [5, 5.41) is 0. The summed E-state index contributed by atoms with van der Waals surface area (Å²) in [5.41, 5.74) is 4.35. The van der Waals surface area contributed by atoms with Crippen molar-refractivity contribution in [3.05, 3.63) is 47.9 Å². The summed E-state index contributed by atoms with van der Waals surface area (Å²) < 4.78 is 33.3. The van der Waals surface area contributed by atoms with Crippen molar-refractivity contribution in [3.63, 3.8) is 0 Å². The molecule has 0 amide bonds. The van der Waals surface area contributed by atoms with E-state index in [-0.39, 0.29) is 0 Å². The highest BCUT2D eigenvalue weighted by Gasteiger charge is 2.01. The number of rotatable bonds is 22. The molecule has 0 aromatic heterocycles. The summed E-state index contributed by atoms with van der Waals surface area (Å²) in [6, 6.07) is 8.34. The maximum atomic E-state index is 5.64. The minimum atomic E-state index is 0.520. The molecule has 1 rings (SSSR count). The third-order valence-corrected chi connectivity index (χ3v) is 5.01. The Morgan fingerprint density at radius 3 is 1.33 bits per heavy atom. The van der Waals surface area contributed by atoms with Gasteiger partial charge >= 0.3 is 0 Å². The van der Waals surface area contributed by atoms with Crippen molar-refractivity contribution >= 4 is 11.1 Å². The topological polar surface area (TPSA) is 55.4 Å². The SMILES string of the molecule is CC.CCCCOCCOCCO/C=C(\C)c1cccc(/C(C)=C/OCCOCCOCCCC)c1. The van der Waals surface area contributed by atoms with Gasteiger partial charge in [-0.3, -0.25) is 0 Å². The van der Waals surface area contributed by atoms with Crippen LogP contribution in [-0.4, -0.2) is 66.1 Å². The third kappa shape index (κ3) is 19.3. The average molecular weight is 509 g/mol. The summed E-state index contributed by atoms with van der Waals surface area (Å²) in [4.78, 5) is 0. The molecule has 0 bridgehead atoms. The number of hydrogen-bond acceptors (Lipinski definition) is 6. The Morgan fingerprint density at radius 1 is 0.583 bits per heavy atom. The first kappa shape index (κ1) is 34.1. The molecule has 0 unspecified atom stereocenters. The second-order valence-electron chi connectivity index (χ2n) is 8.08. The molecule has 0 fully saturated rings. The van der Waals surface area contributed by atoms with Crippen LogP contribution in [0.15, 0.2) is 36.8 Å². The van der Waals surface area contributed by atoms with E-state index >= 15 is 0 Å². The molecule has 1 aromatic carbocycles. The van der Waals surface area contributed by atoms with Crippen molar-refractivity contribution in [3.8, 4) is 0 Å². The lowest BCUT2D eigenvalue weighted by atomic mass is 10.0. The molecule has 0 atom stereocenters. The van der Waals surface area contributed by atoms with E-state index in [0.29, 0.717) is 52.9 Å². The van der Waals surface area contributed by atoms with Crippen LogP contribution in [-0.2, 0) is 28.4 Å². The van der Waals surface area contributed by atoms with Crippen LogP contribution < -0.4 is 0 Å². The second-order valence-corrected chi connectivity index (χ2v) is 8.08. The number of hydrogen-bond donors (Lipinski definition) is 0. The maximum Gasteiger partial charge on any atom is 0.111 e. The lowest BCUT2D eigenvalue weighted by molar-refractivity contribution is 0.0300. The molecule has 208 valence electrons. The Bertz CT molecular complexity index is 618. The summed E-state index contributed by atoms with van der Waals surface area (Å²) in [5.74, 6) is 0. The highest BCUT2D eigenvalue weighted by Crippen LogP contribution is 2.20. The standard InChI is InChI=1S/C28H46O6.C2H6/c1-5-7-12-29-14-16-31-18-20-33-23-25(3)27-10-9-11-28(22-27)26(4)24-34-21-19-32-17-15-30-13-8-6-2;1-2/h9-11,22-24H,5-8,12-21H2,1-4H3;1-2H3/b25-23+,26-24+;. The predicted molar refractivity (Wildman–Crippen MR) is 150 cm³/mol. The van der Waals surface area contributed by atoms with E-state index in [0.717, 1.165) is 61.2 Å². The molecule has 1 aromatic rings. The quantitative estimate of drug-likeness (QED) is 0.123. The van der Waals surface area contributed by atoms with Crippen molar-refractivity contribution in [2.75, 3.05) is 66.1 Å². The summed E-state index contributed by atoms with van der Waals surface area (Å²) in [7, 11) is 0. The minimum absolute atomic E-state index is 0.520. The van der Waals surface area contributed by atoms with Gasteiger partial charge in [-0.05, 0) is 55.0 Å². The van der Waals surface area contributed by atoms with Crippen LogP contribution in [0, 0.1) is 0 Å². The Kier molecular flexibility index (Phi) is 24.9. The Labute approximate surface area is 220 Å². The second kappa shape index (κ2) is 26.2. The van der Waals surface area contributed by atoms with Gasteiger partial charge < -0.3 is 28.4 Å². The first-order valence-corrected chi connectivity index (χ1v) is 13.7. The summed E-state index contributed by atoms with van der Waals surface area (Å²) >= 11 is 0. The predicted octanol–water partition coefficient (Wildman–Crippen LogP) is 7.13. The average Bonchev–Trinajstić information content (AvgIpc) is 2.91. The van der Waals surface area contributed by atoms with Gasteiger partial charge in [-0.25, -0.2) is 0 Å². The minimum Gasteiger partial charge on any atom is -0.498 e. The van der Waals surface area contributed by atoms with Gasteiger partial charge in [-0.15, -0.1) is 0 Å². The van der Waals surface area contributed by atoms with Crippen LogP contribution >= 0.6 is 0 Å². The zero-order chi connectivity index (χ0) is 26.7. The summed E-state index contributed by atoms with van der Waals surface area (Å²) in [6.45, 7) is 18.6. The molecule has 0 radical (unpaired) electrons. The van der Waals surface area contributed by atoms with Crippen LogP contribution in [0.3, 0.4) is 0 Å². The monoisotopic (exact) mass is 508 g/mol. The third-order valence-electron chi connectivity index (χ3n) is 5.01. The first-order valence-electron chi connectivity index (χ1n) is 13.7. The van der Waals surface area contributed by atoms with Crippen molar-refractivity contribution in [1.29, 1.82) is 0 Å². The van der Waals surface area contributed by atoms with Crippen LogP contribution in [0.25, 0.3) is 11.1 Å². The van der Waals surface area contributed by atoms with Crippen molar-refractivity contribution in [1.82, 2.24) is 0 Å². The Balaban J connectivity index is 0.00000596. The highest BCUT2D eigenvalue weighted by atomic mass is 16.5. The number of unbranched alkanes of at least 4 members (excludes halogenated alkanes) is 2. The van der Waals surface area contributed by atoms with Crippen LogP contribution in [0.5, 0.6) is 0 Å². The molecule has 0 spiro atoms. The first-order chi connectivity index (χ1) is 17.7. The van der Waals surface area contributed by atoms with Crippen LogP contribution in [0.2, 0.25) is 0 Å². The van der Waals surface area contributed by atoms with E-state index in [1.165, 1.54) is 0 Å². The molecule has 0 heterocycles. The fourth-order valence-corrected chi connectivity index (χ4v) is 2.86. The van der Waals surface area contributed by atoms with Gasteiger partial charge in [0.15, 0.2) is 0 Å². The molecule has 0 aliphatic carbocycles. The van der Waals surface area contributed by atoms with E-state index in [4.69, 9.17) is 28.4 Å². The molecule has 0 aliphatic heterocycles. The summed E-state index contributed by atoms with van der Waals surface area (Å²) in [6.07, 6.45) is 8.08. The number of benzene rings is 1. The zero-order valence-electron chi connectivity index (χ0n) is 23.8. The number of allylic oxidation sites excluding steroid dienone is 2. The lowest BCUT2D eigenvalue weighted by Gasteiger charge is -2.09. The fraction of sp³-hybridized carbons (Fsp3) is 0.667. The van der Waals surface area contributed by atoms with Gasteiger partial charge in [0, 0.05) is 13.2 Å². The zero-order valence-corrected chi connectivity index (χ0v) is 23.8. The molecule has 6 nitrogen and oxygen atoms in total. The fourth-order valence-electron chi connectivity index (χ4n) is 2.86. The molecule has 0 N–H and O–H groups in total. The van der Waals surface area contributed by atoms with E-state index in [1.807, 2.05) is 33.8 Å². The van der Waals surface area contributed by atoms with Gasteiger partial charge in [0.05, 0.1) is 52.2 Å². The van der Waals surface area contributed by atoms with E-state index in [2.05, 4.69) is 32.0 Å². The Hall–Kier alpha value is -1.86. The van der Waals surface area contributed by atoms with Crippen LogP contribution in [0.1, 0.15) is 78.4 Å². The molecule has 0 saturated heterocycles. The molecular weight excluding hydrogens is 456 g/mol. The lowest BCUT2D eigenvalue weighted by Crippen LogP contribution is -2.08. The Morgan fingerprint density at radius 2 is 0.944 bits per heavy atom. The van der Waals surface area contributed by atoms with Gasteiger partial charge in [-0.2, -0.15) is 0 Å². The molecule has 0 saturated carbocycles. The van der Waals surface area contributed by atoms with Crippen molar-refractivity contribution < 1.29 is 28.4 Å².